The zero-order chi connectivity index (χ0) is 20.9. The van der Waals surface area contributed by atoms with Gasteiger partial charge in [-0.05, 0) is 31.1 Å². The van der Waals surface area contributed by atoms with Crippen LogP contribution in [0.25, 0.3) is 11.6 Å². The van der Waals surface area contributed by atoms with Gasteiger partial charge in [0.05, 0.1) is 6.54 Å². The molecule has 1 aliphatic rings. The fourth-order valence-corrected chi connectivity index (χ4v) is 3.56. The lowest BCUT2D eigenvalue weighted by molar-refractivity contribution is 0.198. The largest absolute Gasteiger partial charge is 0.355 e. The number of hydrogen-bond acceptors (Lipinski definition) is 4. The maximum atomic E-state index is 13.3. The minimum atomic E-state index is -0.223. The van der Waals surface area contributed by atoms with E-state index in [2.05, 4.69) is 35.9 Å². The van der Waals surface area contributed by atoms with E-state index in [4.69, 9.17) is 5.10 Å². The number of fused-ring (bicyclic) bond motifs is 1. The molecule has 1 aromatic heterocycles. The lowest BCUT2D eigenvalue weighted by Crippen LogP contribution is -2.38. The van der Waals surface area contributed by atoms with Crippen LogP contribution in [0.15, 0.2) is 78.2 Å². The number of carbonyl (C=O) groups is 1. The van der Waals surface area contributed by atoms with E-state index in [1.54, 1.807) is 17.0 Å². The molecule has 3 aromatic rings. The van der Waals surface area contributed by atoms with Gasteiger partial charge in [0.15, 0.2) is 5.84 Å². The average Bonchev–Trinajstić information content (AvgIpc) is 3.25. The Hall–Kier alpha value is -3.67. The number of imidazole rings is 1. The Balaban J connectivity index is 1.90. The predicted octanol–water partition coefficient (Wildman–Crippen LogP) is 4.56. The van der Waals surface area contributed by atoms with Crippen LogP contribution in [-0.2, 0) is 6.54 Å². The van der Waals surface area contributed by atoms with E-state index in [-0.39, 0.29) is 6.03 Å². The van der Waals surface area contributed by atoms with Gasteiger partial charge in [-0.15, -0.1) is 5.10 Å². The molecule has 0 aliphatic carbocycles. The summed E-state index contributed by atoms with van der Waals surface area (Å²) in [5.74, 6) is 1.36. The Labute approximate surface area is 176 Å². The molecule has 0 bridgehead atoms. The van der Waals surface area contributed by atoms with Gasteiger partial charge in [0.25, 0.3) is 0 Å². The van der Waals surface area contributed by atoms with E-state index in [1.807, 2.05) is 54.6 Å². The molecule has 152 valence electrons. The number of benzene rings is 2. The van der Waals surface area contributed by atoms with Crippen LogP contribution in [0, 0.1) is 0 Å². The van der Waals surface area contributed by atoms with Crippen LogP contribution in [0.1, 0.15) is 30.8 Å². The molecule has 2 aromatic carbocycles. The molecule has 4 rings (SSSR count). The first-order valence-electron chi connectivity index (χ1n) is 10.2. The number of likely N-dealkylation sites (N-methyl/N-ethyl adjacent to an activating group) is 1. The zero-order valence-electron chi connectivity index (χ0n) is 17.3. The van der Waals surface area contributed by atoms with Crippen molar-refractivity contribution in [1.29, 1.82) is 0 Å². The Morgan fingerprint density at radius 1 is 0.933 bits per heavy atom. The number of amidine groups is 1. The molecule has 6 heteroatoms. The molecule has 0 atom stereocenters. The summed E-state index contributed by atoms with van der Waals surface area (Å²) in [6.45, 7) is 6.13. The predicted molar refractivity (Wildman–Crippen MR) is 120 cm³/mol. The number of hydrazone groups is 1. The van der Waals surface area contributed by atoms with Crippen molar-refractivity contribution in [2.75, 3.05) is 13.1 Å². The molecule has 30 heavy (non-hydrogen) atoms. The van der Waals surface area contributed by atoms with Gasteiger partial charge in [-0.3, -0.25) is 4.57 Å². The zero-order valence-corrected chi connectivity index (χ0v) is 17.3. The van der Waals surface area contributed by atoms with Gasteiger partial charge in [-0.25, -0.2) is 14.8 Å². The van der Waals surface area contributed by atoms with Crippen molar-refractivity contribution in [1.82, 2.24) is 19.5 Å². The van der Waals surface area contributed by atoms with Crippen LogP contribution in [0.3, 0.4) is 0 Å². The third kappa shape index (κ3) is 3.89. The highest BCUT2D eigenvalue weighted by atomic mass is 16.2. The summed E-state index contributed by atoms with van der Waals surface area (Å²) in [4.78, 5) is 19.9. The second kappa shape index (κ2) is 8.78. The molecule has 0 unspecified atom stereocenters. The van der Waals surface area contributed by atoms with Crippen molar-refractivity contribution in [3.8, 4) is 0 Å². The minimum absolute atomic E-state index is 0.223. The third-order valence-electron chi connectivity index (χ3n) is 5.15. The average molecular weight is 399 g/mol. The summed E-state index contributed by atoms with van der Waals surface area (Å²) in [6, 6.07) is 19.8. The maximum absolute atomic E-state index is 13.3. The van der Waals surface area contributed by atoms with Crippen molar-refractivity contribution in [3.63, 3.8) is 0 Å². The number of nitrogens with zero attached hydrogens (tertiary/aromatic N) is 5. The molecule has 0 fully saturated rings. The van der Waals surface area contributed by atoms with Crippen molar-refractivity contribution in [2.45, 2.75) is 20.4 Å². The maximum Gasteiger partial charge on any atom is 0.350 e. The summed E-state index contributed by atoms with van der Waals surface area (Å²) in [6.07, 6.45) is 5.28. The van der Waals surface area contributed by atoms with E-state index < -0.39 is 0 Å². The van der Waals surface area contributed by atoms with Gasteiger partial charge in [-0.2, -0.15) is 0 Å². The Morgan fingerprint density at radius 2 is 1.60 bits per heavy atom. The lowest BCUT2D eigenvalue weighted by Gasteiger charge is -2.29. The van der Waals surface area contributed by atoms with E-state index in [0.29, 0.717) is 12.4 Å². The van der Waals surface area contributed by atoms with E-state index in [1.165, 1.54) is 5.01 Å². The minimum Gasteiger partial charge on any atom is -0.355 e. The van der Waals surface area contributed by atoms with Crippen LogP contribution < -0.4 is 0 Å². The monoisotopic (exact) mass is 399 g/mol. The highest BCUT2D eigenvalue weighted by molar-refractivity contribution is 6.27. The Bertz CT molecular complexity index is 1070. The number of carbonyl (C=O) groups excluding carboxylic acids is 1. The van der Waals surface area contributed by atoms with Gasteiger partial charge in [0, 0.05) is 31.1 Å². The summed E-state index contributed by atoms with van der Waals surface area (Å²) in [5, 5.41) is 6.43. The van der Waals surface area contributed by atoms with Crippen LogP contribution in [0.5, 0.6) is 0 Å². The van der Waals surface area contributed by atoms with Gasteiger partial charge < -0.3 is 4.90 Å². The van der Waals surface area contributed by atoms with Crippen molar-refractivity contribution in [3.05, 3.63) is 90.0 Å². The molecule has 2 heterocycles. The fourth-order valence-electron chi connectivity index (χ4n) is 3.56. The van der Waals surface area contributed by atoms with Gasteiger partial charge >= 0.3 is 6.03 Å². The molecule has 0 saturated heterocycles. The second-order valence-electron chi connectivity index (χ2n) is 7.00. The summed E-state index contributed by atoms with van der Waals surface area (Å²) >= 11 is 0. The summed E-state index contributed by atoms with van der Waals surface area (Å²) in [7, 11) is 0. The van der Waals surface area contributed by atoms with Crippen molar-refractivity contribution < 1.29 is 4.79 Å². The highest BCUT2D eigenvalue weighted by Gasteiger charge is 2.26. The number of aromatic nitrogens is 2. The first-order chi connectivity index (χ1) is 14.7. The number of hydrogen-bond donors (Lipinski definition) is 0. The lowest BCUT2D eigenvalue weighted by atomic mass is 10.0. The highest BCUT2D eigenvalue weighted by Crippen LogP contribution is 2.25. The van der Waals surface area contributed by atoms with E-state index in [0.717, 1.165) is 35.6 Å². The van der Waals surface area contributed by atoms with E-state index >= 15 is 0 Å². The smallest absolute Gasteiger partial charge is 0.350 e. The van der Waals surface area contributed by atoms with E-state index in [9.17, 15) is 4.79 Å². The molecular weight excluding hydrogens is 374 g/mol. The summed E-state index contributed by atoms with van der Waals surface area (Å²) < 4.78 is 1.55. The van der Waals surface area contributed by atoms with Crippen LogP contribution >= 0.6 is 0 Å². The Morgan fingerprint density at radius 3 is 2.27 bits per heavy atom. The molecule has 1 aliphatic heterocycles. The molecular formula is C24H25N5O. The summed E-state index contributed by atoms with van der Waals surface area (Å²) in [5.41, 5.74) is 2.99. The van der Waals surface area contributed by atoms with Crippen molar-refractivity contribution >= 4 is 23.5 Å². The van der Waals surface area contributed by atoms with Crippen molar-refractivity contribution in [2.24, 2.45) is 5.10 Å². The topological polar surface area (TPSA) is 53.7 Å². The van der Waals surface area contributed by atoms with Crippen LogP contribution in [-0.4, -0.2) is 44.4 Å². The first-order valence-corrected chi connectivity index (χ1v) is 10.2. The molecule has 0 saturated carbocycles. The van der Waals surface area contributed by atoms with Gasteiger partial charge in [0.2, 0.25) is 0 Å². The third-order valence-corrected chi connectivity index (χ3v) is 5.15. The quantitative estimate of drug-likeness (QED) is 0.632. The molecule has 0 N–H and O–H groups in total. The SMILES string of the molecule is CCN(CC)C1=N/N(Cc2ccccc2)C(=O)n2ccnc2/C=C\1c1ccccc1. The van der Waals surface area contributed by atoms with Crippen LogP contribution in [0.4, 0.5) is 4.79 Å². The van der Waals surface area contributed by atoms with Gasteiger partial charge in [-0.1, -0.05) is 60.7 Å². The molecule has 1 amide bonds. The standard InChI is InChI=1S/C24H25N5O/c1-3-27(4-2)23-21(20-13-9-6-10-14-20)17-22-25-15-16-28(22)24(30)29(26-23)18-19-11-7-5-8-12-19/h5-17H,3-4,18H2,1-2H3/b21-17-,26-23+. The molecule has 6 nitrogen and oxygen atoms in total. The second-order valence-corrected chi connectivity index (χ2v) is 7.00. The Kier molecular flexibility index (Phi) is 5.75. The first kappa shape index (κ1) is 19.6. The number of rotatable bonds is 5. The van der Waals surface area contributed by atoms with Crippen LogP contribution in [0.2, 0.25) is 0 Å². The molecule has 0 spiro atoms. The number of amides is 1. The fraction of sp³-hybridized carbons (Fsp3) is 0.208. The normalized spacial score (nSPS) is 17.3. The van der Waals surface area contributed by atoms with Gasteiger partial charge in [0.1, 0.15) is 5.82 Å². The molecule has 0 radical (unpaired) electrons.